The molecule has 2 aromatic rings. The normalized spacial score (nSPS) is 11.4. The van der Waals surface area contributed by atoms with Crippen molar-refractivity contribution < 1.29 is 14.3 Å². The van der Waals surface area contributed by atoms with Crippen LogP contribution in [0.15, 0.2) is 48.5 Å². The Morgan fingerprint density at radius 1 is 1.07 bits per heavy atom. The molecule has 0 saturated carbocycles. The Morgan fingerprint density at radius 2 is 1.81 bits per heavy atom. The van der Waals surface area contributed by atoms with Crippen LogP contribution in [0.5, 0.6) is 5.75 Å². The van der Waals surface area contributed by atoms with Crippen LogP contribution in [0.3, 0.4) is 0 Å². The van der Waals surface area contributed by atoms with Crippen LogP contribution in [-0.4, -0.2) is 25.1 Å². The number of urea groups is 1. The molecule has 2 rings (SSSR count). The van der Waals surface area contributed by atoms with Gasteiger partial charge in [-0.2, -0.15) is 0 Å². The summed E-state index contributed by atoms with van der Waals surface area (Å²) in [6.45, 7) is 4.50. The Kier molecular flexibility index (Phi) is 7.67. The summed E-state index contributed by atoms with van der Waals surface area (Å²) in [6, 6.07) is 14.6. The Balaban J connectivity index is 1.84. The van der Waals surface area contributed by atoms with Crippen LogP contribution >= 0.6 is 0 Å². The molecule has 1 unspecified atom stereocenters. The van der Waals surface area contributed by atoms with Crippen molar-refractivity contribution >= 4 is 17.6 Å². The van der Waals surface area contributed by atoms with Crippen molar-refractivity contribution in [3.05, 3.63) is 59.7 Å². The van der Waals surface area contributed by atoms with Gasteiger partial charge in [0.1, 0.15) is 5.75 Å². The molecule has 3 amide bonds. The average Bonchev–Trinajstić information content (AvgIpc) is 2.68. The molecule has 0 aliphatic rings. The van der Waals surface area contributed by atoms with Gasteiger partial charge in [0.05, 0.1) is 12.5 Å². The number of hydrogen-bond donors (Lipinski definition) is 3. The average molecular weight is 369 g/mol. The van der Waals surface area contributed by atoms with E-state index < -0.39 is 0 Å². The third-order valence-corrected chi connectivity index (χ3v) is 4.12. The van der Waals surface area contributed by atoms with Crippen LogP contribution in [0.4, 0.5) is 10.5 Å². The van der Waals surface area contributed by atoms with Crippen molar-refractivity contribution in [1.82, 2.24) is 10.6 Å². The molecule has 27 heavy (non-hydrogen) atoms. The molecule has 6 heteroatoms. The number of nitrogens with one attached hydrogen (secondary N) is 3. The maximum Gasteiger partial charge on any atom is 0.319 e. The highest BCUT2D eigenvalue weighted by molar-refractivity contribution is 5.89. The zero-order valence-corrected chi connectivity index (χ0v) is 16.0. The van der Waals surface area contributed by atoms with E-state index in [0.717, 1.165) is 23.3 Å². The minimum atomic E-state index is -0.290. The second kappa shape index (κ2) is 10.2. The SMILES string of the molecule is CCC(C)Oc1cccc(CNC(=O)Nc2ccc(CC(=O)NC)cc2)c1. The van der Waals surface area contributed by atoms with E-state index in [2.05, 4.69) is 22.9 Å². The summed E-state index contributed by atoms with van der Waals surface area (Å²) < 4.78 is 5.80. The second-order valence-corrected chi connectivity index (χ2v) is 6.34. The lowest BCUT2D eigenvalue weighted by Crippen LogP contribution is -2.28. The molecule has 0 bridgehead atoms. The standard InChI is InChI=1S/C21H27N3O3/c1-4-15(2)27-19-7-5-6-17(12-19)14-23-21(26)24-18-10-8-16(9-11-18)13-20(25)22-3/h5-12,15H,4,13-14H2,1-3H3,(H,22,25)(H2,23,24,26). The Hall–Kier alpha value is -3.02. The number of hydrogen-bond acceptors (Lipinski definition) is 3. The lowest BCUT2D eigenvalue weighted by molar-refractivity contribution is -0.119. The number of carbonyl (C=O) groups excluding carboxylic acids is 2. The third-order valence-electron chi connectivity index (χ3n) is 4.12. The Labute approximate surface area is 160 Å². The maximum atomic E-state index is 12.1. The molecule has 3 N–H and O–H groups in total. The first-order valence-corrected chi connectivity index (χ1v) is 9.10. The van der Waals surface area contributed by atoms with Gasteiger partial charge in [0, 0.05) is 19.3 Å². The summed E-state index contributed by atoms with van der Waals surface area (Å²) in [5, 5.41) is 8.19. The Morgan fingerprint density at radius 3 is 2.48 bits per heavy atom. The van der Waals surface area contributed by atoms with E-state index in [4.69, 9.17) is 4.74 Å². The third kappa shape index (κ3) is 7.01. The summed E-state index contributed by atoms with van der Waals surface area (Å²) in [7, 11) is 1.61. The van der Waals surface area contributed by atoms with Crippen LogP contribution in [0.1, 0.15) is 31.4 Å². The van der Waals surface area contributed by atoms with Gasteiger partial charge in [-0.15, -0.1) is 0 Å². The zero-order chi connectivity index (χ0) is 19.6. The molecule has 0 radical (unpaired) electrons. The summed E-state index contributed by atoms with van der Waals surface area (Å²) in [6.07, 6.45) is 1.41. The number of carbonyl (C=O) groups is 2. The number of rotatable bonds is 8. The first-order valence-electron chi connectivity index (χ1n) is 9.10. The van der Waals surface area contributed by atoms with E-state index >= 15 is 0 Å². The fourth-order valence-electron chi connectivity index (χ4n) is 2.38. The van der Waals surface area contributed by atoms with Crippen molar-refractivity contribution in [3.8, 4) is 5.75 Å². The summed E-state index contributed by atoms with van der Waals surface area (Å²) >= 11 is 0. The van der Waals surface area contributed by atoms with E-state index in [0.29, 0.717) is 18.7 Å². The number of anilines is 1. The quantitative estimate of drug-likeness (QED) is 0.666. The molecule has 144 valence electrons. The number of likely N-dealkylation sites (N-methyl/N-ethyl adjacent to an activating group) is 1. The molecule has 0 saturated heterocycles. The van der Waals surface area contributed by atoms with Gasteiger partial charge in [-0.1, -0.05) is 31.2 Å². The molecule has 0 aliphatic carbocycles. The Bertz CT molecular complexity index is 760. The van der Waals surface area contributed by atoms with E-state index in [1.165, 1.54) is 0 Å². The summed E-state index contributed by atoms with van der Waals surface area (Å²) in [4.78, 5) is 23.5. The fourth-order valence-corrected chi connectivity index (χ4v) is 2.38. The summed E-state index contributed by atoms with van der Waals surface area (Å²) in [5.74, 6) is 0.753. The van der Waals surface area contributed by atoms with Gasteiger partial charge in [0.2, 0.25) is 5.91 Å². The van der Waals surface area contributed by atoms with Crippen molar-refractivity contribution in [3.63, 3.8) is 0 Å². The number of amides is 3. The minimum absolute atomic E-state index is 0.0482. The van der Waals surface area contributed by atoms with Crippen LogP contribution < -0.4 is 20.7 Å². The molecule has 0 fully saturated rings. The van der Waals surface area contributed by atoms with E-state index in [9.17, 15) is 9.59 Å². The summed E-state index contributed by atoms with van der Waals surface area (Å²) in [5.41, 5.74) is 2.52. The molecule has 2 aromatic carbocycles. The molecule has 1 atom stereocenters. The van der Waals surface area contributed by atoms with E-state index in [1.54, 1.807) is 19.2 Å². The van der Waals surface area contributed by atoms with Gasteiger partial charge in [-0.25, -0.2) is 4.79 Å². The largest absolute Gasteiger partial charge is 0.491 e. The molecule has 0 heterocycles. The minimum Gasteiger partial charge on any atom is -0.491 e. The monoisotopic (exact) mass is 369 g/mol. The number of ether oxygens (including phenoxy) is 1. The molecule has 0 aromatic heterocycles. The topological polar surface area (TPSA) is 79.5 Å². The smallest absolute Gasteiger partial charge is 0.319 e. The van der Waals surface area contributed by atoms with Crippen molar-refractivity contribution in [2.45, 2.75) is 39.3 Å². The van der Waals surface area contributed by atoms with Gasteiger partial charge in [-0.05, 0) is 48.7 Å². The van der Waals surface area contributed by atoms with Crippen LogP contribution in [0, 0.1) is 0 Å². The fraction of sp³-hybridized carbons (Fsp3) is 0.333. The van der Waals surface area contributed by atoms with Crippen molar-refractivity contribution in [2.24, 2.45) is 0 Å². The first-order chi connectivity index (χ1) is 13.0. The molecule has 0 aliphatic heterocycles. The van der Waals surface area contributed by atoms with Crippen LogP contribution in [-0.2, 0) is 17.8 Å². The van der Waals surface area contributed by atoms with E-state index in [-0.39, 0.29) is 18.0 Å². The predicted molar refractivity (Wildman–Crippen MR) is 107 cm³/mol. The molecular weight excluding hydrogens is 342 g/mol. The van der Waals surface area contributed by atoms with Crippen molar-refractivity contribution in [2.75, 3.05) is 12.4 Å². The molecule has 6 nitrogen and oxygen atoms in total. The lowest BCUT2D eigenvalue weighted by atomic mass is 10.1. The van der Waals surface area contributed by atoms with Crippen LogP contribution in [0.25, 0.3) is 0 Å². The zero-order valence-electron chi connectivity index (χ0n) is 16.0. The van der Waals surface area contributed by atoms with E-state index in [1.807, 2.05) is 43.3 Å². The maximum absolute atomic E-state index is 12.1. The van der Waals surface area contributed by atoms with Crippen molar-refractivity contribution in [1.29, 1.82) is 0 Å². The highest BCUT2D eigenvalue weighted by atomic mass is 16.5. The second-order valence-electron chi connectivity index (χ2n) is 6.34. The van der Waals surface area contributed by atoms with Gasteiger partial charge in [0.25, 0.3) is 0 Å². The number of benzene rings is 2. The molecular formula is C21H27N3O3. The first kappa shape index (κ1) is 20.3. The van der Waals surface area contributed by atoms with Gasteiger partial charge < -0.3 is 20.7 Å². The van der Waals surface area contributed by atoms with Gasteiger partial charge in [-0.3, -0.25) is 4.79 Å². The van der Waals surface area contributed by atoms with Crippen LogP contribution in [0.2, 0.25) is 0 Å². The van der Waals surface area contributed by atoms with Gasteiger partial charge in [0.15, 0.2) is 0 Å². The predicted octanol–water partition coefficient (Wildman–Crippen LogP) is 3.47. The highest BCUT2D eigenvalue weighted by Crippen LogP contribution is 2.16. The molecule has 0 spiro atoms. The highest BCUT2D eigenvalue weighted by Gasteiger charge is 2.06. The lowest BCUT2D eigenvalue weighted by Gasteiger charge is -2.14. The van der Waals surface area contributed by atoms with Gasteiger partial charge >= 0.3 is 6.03 Å².